The summed E-state index contributed by atoms with van der Waals surface area (Å²) in [7, 11) is 0.727. The number of unbranched alkanes of at least 4 members (excludes halogenated alkanes) is 2. The number of phosphoric acid groups is 1. The summed E-state index contributed by atoms with van der Waals surface area (Å²) >= 11 is 6.37. The minimum atomic E-state index is -4.89. The van der Waals surface area contributed by atoms with E-state index >= 15 is 0 Å². The number of methoxy groups -OCH3 is 1. The second-order valence-electron chi connectivity index (χ2n) is 15.4. The molecule has 3 aliphatic heterocycles. The van der Waals surface area contributed by atoms with Crippen LogP contribution in [-0.2, 0) is 14.1 Å². The lowest BCUT2D eigenvalue weighted by Gasteiger charge is -2.32. The Balaban J connectivity index is 0.992. The fourth-order valence-corrected chi connectivity index (χ4v) is 10.6. The number of amides is 3. The molecule has 1 fully saturated rings. The van der Waals surface area contributed by atoms with Crippen molar-refractivity contribution in [2.24, 2.45) is 0 Å². The Labute approximate surface area is 376 Å². The highest BCUT2D eigenvalue weighted by molar-refractivity contribution is 8.76. The number of hydrogen-bond donors (Lipinski definition) is 3. The van der Waals surface area contributed by atoms with E-state index in [1.807, 2.05) is 13.0 Å². The number of rotatable bonds is 17. The van der Waals surface area contributed by atoms with Gasteiger partial charge in [0.1, 0.15) is 23.6 Å². The molecule has 7 rings (SSSR count). The molecule has 3 aliphatic rings. The molecule has 17 nitrogen and oxygen atoms in total. The van der Waals surface area contributed by atoms with E-state index in [2.05, 4.69) is 4.98 Å². The largest absolute Gasteiger partial charge is 0.524 e. The van der Waals surface area contributed by atoms with Crippen molar-refractivity contribution in [3.05, 3.63) is 76.8 Å². The molecular formula is C42H48ClN5O12PS2+. The maximum Gasteiger partial charge on any atom is 0.524 e. The number of phosphoric ester groups is 1. The van der Waals surface area contributed by atoms with Crippen LogP contribution in [0.5, 0.6) is 17.2 Å². The number of benzene rings is 3. The molecule has 0 bridgehead atoms. The van der Waals surface area contributed by atoms with Crippen LogP contribution in [0, 0.1) is 4.91 Å². The van der Waals surface area contributed by atoms with Gasteiger partial charge in [-0.25, -0.2) is 19.2 Å². The second-order valence-corrected chi connectivity index (χ2v) is 19.5. The number of anilines is 2. The molecule has 1 saturated heterocycles. The lowest BCUT2D eigenvalue weighted by molar-refractivity contribution is -0.428. The van der Waals surface area contributed by atoms with Gasteiger partial charge in [-0.2, -0.15) is 0 Å². The highest BCUT2D eigenvalue weighted by atomic mass is 35.5. The van der Waals surface area contributed by atoms with Gasteiger partial charge in [0.15, 0.2) is 24.8 Å². The van der Waals surface area contributed by atoms with Gasteiger partial charge in [-0.15, -0.1) is 11.6 Å². The first kappa shape index (κ1) is 46.4. The standard InChI is InChI=1S/C42H47ClN5O12PS2/c1-25(62-63-37-15-14-27(22-44-37)45(2)53)24-59-42(52)48-32-19-36(35(57-3)18-30(32)40(50)46-16-9-12-31(46)41(48)51)58-17-8-4-5-13-38(49)47-23-26(21-43)39-29-11-7-6-10-28(29)34(20-33(39)47)60-61(54,55)56/h6-7,10-11,14-15,18-20,22,25-26,31,41,51H,4-5,8-9,12-13,16-17,21,23-24H2,1-3H3,(H-,54,55,56)/p+1/t25?,26-,31+,41?/m1/s1. The fourth-order valence-electron chi connectivity index (χ4n) is 8.10. The molecule has 3 amide bonds. The van der Waals surface area contributed by atoms with Gasteiger partial charge in [0.05, 0.1) is 36.7 Å². The highest BCUT2D eigenvalue weighted by Gasteiger charge is 2.45. The second kappa shape index (κ2) is 20.0. The van der Waals surface area contributed by atoms with Crippen molar-refractivity contribution in [1.29, 1.82) is 0 Å². The zero-order valence-corrected chi connectivity index (χ0v) is 38.0. The lowest BCUT2D eigenvalue weighted by Crippen LogP contribution is -2.51. The first-order chi connectivity index (χ1) is 30.2. The number of pyridine rings is 1. The topological polar surface area (TPSA) is 209 Å². The van der Waals surface area contributed by atoms with Gasteiger partial charge < -0.3 is 33.6 Å². The summed E-state index contributed by atoms with van der Waals surface area (Å²) < 4.78 is 35.2. The number of fused-ring (bicyclic) bond motifs is 5. The van der Waals surface area contributed by atoms with Crippen molar-refractivity contribution in [1.82, 2.24) is 9.88 Å². The monoisotopic (exact) mass is 944 g/mol. The summed E-state index contributed by atoms with van der Waals surface area (Å²) in [5.41, 5.74) is 2.04. The van der Waals surface area contributed by atoms with Crippen molar-refractivity contribution < 1.29 is 57.3 Å². The molecule has 3 aromatic carbocycles. The van der Waals surface area contributed by atoms with Crippen LogP contribution >= 0.6 is 41.0 Å². The number of nitrogens with zero attached hydrogens (tertiary/aromatic N) is 5. The predicted octanol–water partition coefficient (Wildman–Crippen LogP) is 7.77. The van der Waals surface area contributed by atoms with Crippen LogP contribution in [-0.4, -0.2) is 111 Å². The van der Waals surface area contributed by atoms with Crippen LogP contribution in [0.15, 0.2) is 65.8 Å². The van der Waals surface area contributed by atoms with E-state index in [1.165, 1.54) is 60.1 Å². The van der Waals surface area contributed by atoms with Gasteiger partial charge in [0.25, 0.3) is 11.6 Å². The van der Waals surface area contributed by atoms with E-state index in [4.69, 9.17) is 30.3 Å². The van der Waals surface area contributed by atoms with E-state index < -0.39 is 26.2 Å². The normalized spacial score (nSPS) is 18.7. The van der Waals surface area contributed by atoms with E-state index in [9.17, 15) is 38.7 Å². The number of nitroso groups, excluding NO2 is 1. The van der Waals surface area contributed by atoms with Crippen LogP contribution in [0.1, 0.15) is 67.3 Å². The molecule has 0 saturated carbocycles. The third-order valence-electron chi connectivity index (χ3n) is 11.1. The third-order valence-corrected chi connectivity index (χ3v) is 14.7. The maximum absolute atomic E-state index is 13.9. The van der Waals surface area contributed by atoms with Crippen LogP contribution in [0.3, 0.4) is 0 Å². The van der Waals surface area contributed by atoms with Gasteiger partial charge in [-0.3, -0.25) is 19.4 Å². The summed E-state index contributed by atoms with van der Waals surface area (Å²) in [6, 6.07) is 14.3. The minimum Gasteiger partial charge on any atom is -0.493 e. The number of halogens is 1. The van der Waals surface area contributed by atoms with E-state index in [0.29, 0.717) is 77.1 Å². The van der Waals surface area contributed by atoms with Gasteiger partial charge in [0.2, 0.25) is 5.91 Å². The molecule has 4 heterocycles. The number of alkyl halides is 1. The summed E-state index contributed by atoms with van der Waals surface area (Å²) in [6.07, 6.45) is 2.23. The van der Waals surface area contributed by atoms with Crippen molar-refractivity contribution in [2.75, 3.05) is 56.1 Å². The van der Waals surface area contributed by atoms with E-state index in [1.54, 1.807) is 40.1 Å². The molecule has 21 heteroatoms. The third kappa shape index (κ3) is 10.4. The van der Waals surface area contributed by atoms with Crippen LogP contribution in [0.4, 0.5) is 21.9 Å². The van der Waals surface area contributed by atoms with Crippen LogP contribution < -0.4 is 23.8 Å². The SMILES string of the molecule is COc1cc2c(cc1OCCCCCC(=O)N1C[C@@H](CCl)c3c1cc(OP(=O)(O)O)c1ccccc31)N(C(=O)OCC(C)SSc1ccc([N+](C)=O)cn1)C(O)[C@@H]1CCCN1C2=O. The first-order valence-electron chi connectivity index (χ1n) is 20.4. The molecule has 0 aliphatic carbocycles. The van der Waals surface area contributed by atoms with Crippen molar-refractivity contribution in [2.45, 2.75) is 73.9 Å². The summed E-state index contributed by atoms with van der Waals surface area (Å²) in [5.74, 6) is 0.00874. The quantitative estimate of drug-likeness (QED) is 0.0304. The maximum atomic E-state index is 13.9. The zero-order chi connectivity index (χ0) is 45.0. The Morgan fingerprint density at radius 3 is 2.51 bits per heavy atom. The molecule has 4 atom stereocenters. The van der Waals surface area contributed by atoms with E-state index in [-0.39, 0.29) is 77.0 Å². The number of carbonyl (C=O) groups is 3. The Hall–Kier alpha value is -4.62. The molecule has 3 N–H and O–H groups in total. The Bertz CT molecular complexity index is 2430. The molecule has 63 heavy (non-hydrogen) atoms. The highest BCUT2D eigenvalue weighted by Crippen LogP contribution is 2.49. The molecule has 0 spiro atoms. The number of aliphatic hydroxyl groups is 1. The fraction of sp³-hybridized carbons (Fsp3) is 0.429. The van der Waals surface area contributed by atoms with Crippen molar-refractivity contribution >= 4 is 86.8 Å². The summed E-state index contributed by atoms with van der Waals surface area (Å²) in [5, 5.41) is 13.4. The van der Waals surface area contributed by atoms with Crippen LogP contribution in [0.25, 0.3) is 10.8 Å². The minimum absolute atomic E-state index is 0.0126. The number of ether oxygens (including phenoxy) is 3. The number of hydrogen-bond acceptors (Lipinski definition) is 13. The van der Waals surface area contributed by atoms with E-state index in [0.717, 1.165) is 10.5 Å². The van der Waals surface area contributed by atoms with Gasteiger partial charge in [-0.1, -0.05) is 35.1 Å². The van der Waals surface area contributed by atoms with Crippen molar-refractivity contribution in [3.8, 4) is 17.2 Å². The Morgan fingerprint density at radius 2 is 1.81 bits per heavy atom. The van der Waals surface area contributed by atoms with Gasteiger partial charge in [-0.05, 0) is 72.9 Å². The first-order valence-corrected chi connectivity index (χ1v) is 24.6. The number of aromatic nitrogens is 1. The molecular weight excluding hydrogens is 897 g/mol. The summed E-state index contributed by atoms with van der Waals surface area (Å²) in [4.78, 5) is 80.7. The molecule has 0 radical (unpaired) electrons. The average Bonchev–Trinajstić information content (AvgIpc) is 3.90. The Morgan fingerprint density at radius 1 is 1.05 bits per heavy atom. The number of carbonyl (C=O) groups excluding carboxylic acids is 3. The molecule has 336 valence electrons. The Kier molecular flexibility index (Phi) is 14.8. The lowest BCUT2D eigenvalue weighted by atomic mass is 9.95. The molecule has 2 unspecified atom stereocenters. The summed E-state index contributed by atoms with van der Waals surface area (Å²) in [6.45, 7) is 2.79. The zero-order valence-electron chi connectivity index (χ0n) is 34.8. The molecule has 4 aromatic rings. The van der Waals surface area contributed by atoms with Crippen LogP contribution in [0.2, 0.25) is 0 Å². The number of aliphatic hydroxyl groups excluding tert-OH is 1. The average molecular weight is 945 g/mol. The smallest absolute Gasteiger partial charge is 0.493 e. The van der Waals surface area contributed by atoms with Gasteiger partial charge in [0, 0.05) is 69.8 Å². The van der Waals surface area contributed by atoms with Gasteiger partial charge >= 0.3 is 13.9 Å². The predicted molar refractivity (Wildman–Crippen MR) is 240 cm³/mol. The molecule has 1 aromatic heterocycles. The van der Waals surface area contributed by atoms with Crippen molar-refractivity contribution in [3.63, 3.8) is 0 Å².